The number of amides is 2. The van der Waals surface area contributed by atoms with Crippen LogP contribution in [-0.2, 0) is 6.54 Å². The summed E-state index contributed by atoms with van der Waals surface area (Å²) >= 11 is 0. The SMILES string of the molecule is NC1CCC(N(Cc2ccc(NC(=O)c3ccc4c(c3)OCO4)cc2)C(=O)c2cccc(F)c2)CC1. The highest BCUT2D eigenvalue weighted by Gasteiger charge is 2.29. The molecular formula is C28H28FN3O4. The molecule has 1 saturated carbocycles. The molecule has 1 aliphatic heterocycles. The number of anilines is 1. The number of rotatable bonds is 6. The average molecular weight is 490 g/mol. The fourth-order valence-electron chi connectivity index (χ4n) is 4.70. The Morgan fingerprint density at radius 3 is 2.42 bits per heavy atom. The lowest BCUT2D eigenvalue weighted by molar-refractivity contribution is 0.0606. The zero-order valence-corrected chi connectivity index (χ0v) is 19.8. The number of nitrogens with two attached hydrogens (primary N) is 1. The summed E-state index contributed by atoms with van der Waals surface area (Å²) in [6.45, 7) is 0.528. The Morgan fingerprint density at radius 2 is 1.67 bits per heavy atom. The van der Waals surface area contributed by atoms with Gasteiger partial charge < -0.3 is 25.4 Å². The van der Waals surface area contributed by atoms with Crippen molar-refractivity contribution in [3.63, 3.8) is 0 Å². The van der Waals surface area contributed by atoms with E-state index in [9.17, 15) is 14.0 Å². The molecule has 1 heterocycles. The molecule has 2 amide bonds. The van der Waals surface area contributed by atoms with Crippen LogP contribution >= 0.6 is 0 Å². The first-order valence-electron chi connectivity index (χ1n) is 12.1. The number of carbonyl (C=O) groups excluding carboxylic acids is 2. The lowest BCUT2D eigenvalue weighted by Gasteiger charge is -2.36. The van der Waals surface area contributed by atoms with Gasteiger partial charge >= 0.3 is 0 Å². The van der Waals surface area contributed by atoms with Gasteiger partial charge in [-0.2, -0.15) is 0 Å². The molecule has 0 aromatic heterocycles. The minimum Gasteiger partial charge on any atom is -0.454 e. The summed E-state index contributed by atoms with van der Waals surface area (Å²) in [4.78, 5) is 27.9. The third-order valence-corrected chi connectivity index (χ3v) is 6.71. The van der Waals surface area contributed by atoms with Crippen molar-refractivity contribution < 1.29 is 23.5 Å². The minimum atomic E-state index is -0.436. The molecule has 2 aliphatic rings. The van der Waals surface area contributed by atoms with Crippen molar-refractivity contribution in [1.82, 2.24) is 4.90 Å². The Hall–Kier alpha value is -3.91. The third-order valence-electron chi connectivity index (χ3n) is 6.71. The van der Waals surface area contributed by atoms with Crippen LogP contribution in [0, 0.1) is 5.82 Å². The summed E-state index contributed by atoms with van der Waals surface area (Å²) in [6, 6.07) is 18.4. The van der Waals surface area contributed by atoms with Crippen LogP contribution < -0.4 is 20.5 Å². The first-order valence-corrected chi connectivity index (χ1v) is 12.1. The molecular weight excluding hydrogens is 461 g/mol. The Labute approximate surface area is 209 Å². The highest BCUT2D eigenvalue weighted by atomic mass is 19.1. The first-order chi connectivity index (χ1) is 17.5. The summed E-state index contributed by atoms with van der Waals surface area (Å²) < 4.78 is 24.4. The van der Waals surface area contributed by atoms with Gasteiger partial charge in [0.05, 0.1) is 0 Å². The van der Waals surface area contributed by atoms with Crippen molar-refractivity contribution in [3.8, 4) is 11.5 Å². The molecule has 3 aromatic rings. The van der Waals surface area contributed by atoms with Crippen molar-refractivity contribution in [2.24, 2.45) is 5.73 Å². The average Bonchev–Trinajstić information content (AvgIpc) is 3.36. The van der Waals surface area contributed by atoms with E-state index < -0.39 is 5.82 Å². The number of nitrogens with one attached hydrogen (secondary N) is 1. The zero-order chi connectivity index (χ0) is 25.1. The van der Waals surface area contributed by atoms with E-state index in [1.54, 1.807) is 30.3 Å². The number of hydrogen-bond acceptors (Lipinski definition) is 5. The van der Waals surface area contributed by atoms with Gasteiger partial charge in [0.1, 0.15) is 5.82 Å². The number of nitrogens with zero attached hydrogens (tertiary/aromatic N) is 1. The number of carbonyl (C=O) groups is 2. The third kappa shape index (κ3) is 5.33. The Bertz CT molecular complexity index is 1260. The number of ether oxygens (including phenoxy) is 2. The fraction of sp³-hybridized carbons (Fsp3) is 0.286. The summed E-state index contributed by atoms with van der Waals surface area (Å²) in [7, 11) is 0. The molecule has 0 bridgehead atoms. The Balaban J connectivity index is 1.29. The van der Waals surface area contributed by atoms with Gasteiger partial charge in [-0.3, -0.25) is 9.59 Å². The highest BCUT2D eigenvalue weighted by Crippen LogP contribution is 2.33. The molecule has 0 saturated heterocycles. The van der Waals surface area contributed by atoms with Gasteiger partial charge in [-0.05, 0) is 79.8 Å². The molecule has 1 aliphatic carbocycles. The number of fused-ring (bicyclic) bond motifs is 1. The predicted molar refractivity (Wildman–Crippen MR) is 133 cm³/mol. The molecule has 0 spiro atoms. The van der Waals surface area contributed by atoms with Gasteiger partial charge in [-0.1, -0.05) is 18.2 Å². The topological polar surface area (TPSA) is 93.9 Å². The second-order valence-electron chi connectivity index (χ2n) is 9.23. The van der Waals surface area contributed by atoms with Crippen LogP contribution in [0.4, 0.5) is 10.1 Å². The van der Waals surface area contributed by atoms with Crippen LogP contribution in [0.3, 0.4) is 0 Å². The predicted octanol–water partition coefficient (Wildman–Crippen LogP) is 4.72. The summed E-state index contributed by atoms with van der Waals surface area (Å²) in [5.74, 6) is 0.268. The lowest BCUT2D eigenvalue weighted by Crippen LogP contribution is -2.43. The molecule has 5 rings (SSSR count). The molecule has 3 N–H and O–H groups in total. The van der Waals surface area contributed by atoms with E-state index in [-0.39, 0.29) is 30.7 Å². The quantitative estimate of drug-likeness (QED) is 0.523. The van der Waals surface area contributed by atoms with Crippen molar-refractivity contribution in [2.75, 3.05) is 12.1 Å². The van der Waals surface area contributed by atoms with Crippen molar-refractivity contribution in [1.29, 1.82) is 0 Å². The number of hydrogen-bond donors (Lipinski definition) is 2. The van der Waals surface area contributed by atoms with E-state index in [4.69, 9.17) is 15.2 Å². The van der Waals surface area contributed by atoms with Crippen LogP contribution in [0.25, 0.3) is 0 Å². The summed E-state index contributed by atoms with van der Waals surface area (Å²) in [5, 5.41) is 2.88. The van der Waals surface area contributed by atoms with Gasteiger partial charge in [0.15, 0.2) is 11.5 Å². The zero-order valence-electron chi connectivity index (χ0n) is 19.8. The molecule has 0 radical (unpaired) electrons. The van der Waals surface area contributed by atoms with Gasteiger partial charge in [0.25, 0.3) is 11.8 Å². The molecule has 3 aromatic carbocycles. The number of benzene rings is 3. The van der Waals surface area contributed by atoms with Crippen molar-refractivity contribution >= 4 is 17.5 Å². The normalized spacial score (nSPS) is 18.5. The maximum Gasteiger partial charge on any atom is 0.255 e. The summed E-state index contributed by atoms with van der Waals surface area (Å²) in [5.41, 5.74) is 8.42. The fourth-order valence-corrected chi connectivity index (χ4v) is 4.70. The largest absolute Gasteiger partial charge is 0.454 e. The van der Waals surface area contributed by atoms with Crippen LogP contribution in [-0.4, -0.2) is 35.6 Å². The standard InChI is InChI=1S/C28H28FN3O4/c29-21-3-1-2-20(14-21)28(34)32(24-11-7-22(30)8-12-24)16-18-4-9-23(10-5-18)31-27(33)19-6-13-25-26(15-19)36-17-35-25/h1-6,9-10,13-15,22,24H,7-8,11-12,16-17,30H2,(H,31,33). The summed E-state index contributed by atoms with van der Waals surface area (Å²) in [6.07, 6.45) is 3.32. The van der Waals surface area contributed by atoms with E-state index in [0.29, 0.717) is 34.9 Å². The molecule has 36 heavy (non-hydrogen) atoms. The molecule has 0 atom stereocenters. The minimum absolute atomic E-state index is 0.0333. The molecule has 1 fully saturated rings. The second kappa shape index (κ2) is 10.4. The highest BCUT2D eigenvalue weighted by molar-refractivity contribution is 6.04. The number of halogens is 1. The second-order valence-corrected chi connectivity index (χ2v) is 9.23. The van der Waals surface area contributed by atoms with E-state index >= 15 is 0 Å². The maximum absolute atomic E-state index is 13.8. The smallest absolute Gasteiger partial charge is 0.255 e. The van der Waals surface area contributed by atoms with Crippen LogP contribution in [0.5, 0.6) is 11.5 Å². The Morgan fingerprint density at radius 1 is 0.917 bits per heavy atom. The van der Waals surface area contributed by atoms with Crippen molar-refractivity contribution in [3.05, 3.63) is 89.2 Å². The van der Waals surface area contributed by atoms with Crippen molar-refractivity contribution in [2.45, 2.75) is 44.3 Å². The first kappa shape index (κ1) is 23.8. The van der Waals surface area contributed by atoms with Crippen LogP contribution in [0.1, 0.15) is 52.0 Å². The van der Waals surface area contributed by atoms with Crippen LogP contribution in [0.2, 0.25) is 0 Å². The molecule has 0 unspecified atom stereocenters. The Kier molecular flexibility index (Phi) is 6.86. The van der Waals surface area contributed by atoms with Gasteiger partial charge in [0.2, 0.25) is 6.79 Å². The van der Waals surface area contributed by atoms with Gasteiger partial charge in [-0.15, -0.1) is 0 Å². The molecule has 8 heteroatoms. The van der Waals surface area contributed by atoms with Gasteiger partial charge in [0, 0.05) is 35.4 Å². The molecule has 7 nitrogen and oxygen atoms in total. The van der Waals surface area contributed by atoms with E-state index in [0.717, 1.165) is 31.2 Å². The van der Waals surface area contributed by atoms with E-state index in [2.05, 4.69) is 5.32 Å². The monoisotopic (exact) mass is 489 g/mol. The van der Waals surface area contributed by atoms with Gasteiger partial charge in [-0.25, -0.2) is 4.39 Å². The van der Waals surface area contributed by atoms with E-state index in [1.807, 2.05) is 29.2 Å². The maximum atomic E-state index is 13.8. The lowest BCUT2D eigenvalue weighted by atomic mass is 9.90. The van der Waals surface area contributed by atoms with Crippen LogP contribution in [0.15, 0.2) is 66.7 Å². The molecule has 186 valence electrons. The van der Waals surface area contributed by atoms with E-state index in [1.165, 1.54) is 12.1 Å².